The molecule has 0 atom stereocenters. The maximum absolute atomic E-state index is 14.6. The lowest BCUT2D eigenvalue weighted by Gasteiger charge is -2.54. The zero-order valence-electron chi connectivity index (χ0n) is 13.9. The van der Waals surface area contributed by atoms with Gasteiger partial charge in [-0.25, -0.2) is 8.78 Å². The van der Waals surface area contributed by atoms with Gasteiger partial charge in [-0.3, -0.25) is 0 Å². The standard InChI is InChI=1S/C19H28F2O/c1-16-3-8-18(9-4-16,10-5-16)13-22-19-11-6-17(2,7-12-19)14(20)15(19)21/h3-13H2,1-2H3. The smallest absolute Gasteiger partial charge is 0.164 e. The van der Waals surface area contributed by atoms with Gasteiger partial charge in [0.15, 0.2) is 5.83 Å². The van der Waals surface area contributed by atoms with E-state index < -0.39 is 22.7 Å². The molecule has 6 rings (SSSR count). The second kappa shape index (κ2) is 4.55. The molecule has 22 heavy (non-hydrogen) atoms. The molecule has 0 N–H and O–H groups in total. The van der Waals surface area contributed by atoms with Crippen LogP contribution < -0.4 is 0 Å². The highest BCUT2D eigenvalue weighted by molar-refractivity contribution is 5.28. The van der Waals surface area contributed by atoms with Crippen LogP contribution in [-0.4, -0.2) is 12.2 Å². The maximum atomic E-state index is 14.6. The molecule has 4 bridgehead atoms. The Morgan fingerprint density at radius 2 is 1.32 bits per heavy atom. The topological polar surface area (TPSA) is 9.23 Å². The predicted molar refractivity (Wildman–Crippen MR) is 82.7 cm³/mol. The van der Waals surface area contributed by atoms with Crippen LogP contribution in [0.2, 0.25) is 0 Å². The summed E-state index contributed by atoms with van der Waals surface area (Å²) < 4.78 is 35.1. The SMILES string of the molecule is CC12CCC(COC34CCC(C)(CC3)C(F)=C4F)(CC1)CC2. The Morgan fingerprint density at radius 1 is 0.773 bits per heavy atom. The first-order valence-electron chi connectivity index (χ1n) is 9.01. The molecule has 0 unspecified atom stereocenters. The average molecular weight is 310 g/mol. The maximum Gasteiger partial charge on any atom is 0.164 e. The lowest BCUT2D eigenvalue weighted by atomic mass is 9.54. The Hall–Kier alpha value is -0.440. The van der Waals surface area contributed by atoms with Crippen LogP contribution >= 0.6 is 0 Å². The van der Waals surface area contributed by atoms with Gasteiger partial charge in [0.05, 0.1) is 6.61 Å². The van der Waals surface area contributed by atoms with Gasteiger partial charge in [0.25, 0.3) is 0 Å². The van der Waals surface area contributed by atoms with Crippen molar-refractivity contribution in [3.05, 3.63) is 11.7 Å². The number of rotatable bonds is 3. The van der Waals surface area contributed by atoms with Crippen molar-refractivity contribution in [2.75, 3.05) is 6.61 Å². The average Bonchev–Trinajstić information content (AvgIpc) is 2.54. The molecule has 0 aromatic rings. The summed E-state index contributed by atoms with van der Waals surface area (Å²) in [7, 11) is 0. The summed E-state index contributed by atoms with van der Waals surface area (Å²) in [6, 6.07) is 0. The van der Waals surface area contributed by atoms with Crippen LogP contribution in [0.25, 0.3) is 0 Å². The minimum Gasteiger partial charge on any atom is -0.367 e. The largest absolute Gasteiger partial charge is 0.367 e. The second-order valence-corrected chi connectivity index (χ2v) is 9.28. The van der Waals surface area contributed by atoms with Gasteiger partial charge in [-0.1, -0.05) is 13.8 Å². The summed E-state index contributed by atoms with van der Waals surface area (Å²) in [6.07, 6.45) is 10.2. The third-order valence-electron chi connectivity index (χ3n) is 7.72. The molecule has 0 aromatic heterocycles. The zero-order chi connectivity index (χ0) is 15.6. The van der Waals surface area contributed by atoms with Gasteiger partial charge in [0, 0.05) is 5.41 Å². The molecule has 0 radical (unpaired) electrons. The van der Waals surface area contributed by atoms with Crippen LogP contribution in [0.4, 0.5) is 8.78 Å². The number of hydrogen-bond donors (Lipinski definition) is 0. The molecular formula is C19H28F2O. The molecule has 124 valence electrons. The minimum atomic E-state index is -0.936. The molecule has 0 amide bonds. The van der Waals surface area contributed by atoms with Crippen LogP contribution in [-0.2, 0) is 4.74 Å². The first-order valence-corrected chi connectivity index (χ1v) is 9.01. The van der Waals surface area contributed by atoms with Crippen molar-refractivity contribution in [2.24, 2.45) is 16.2 Å². The highest BCUT2D eigenvalue weighted by Gasteiger charge is 2.55. The van der Waals surface area contributed by atoms with E-state index in [-0.39, 0.29) is 5.41 Å². The second-order valence-electron chi connectivity index (χ2n) is 9.28. The van der Waals surface area contributed by atoms with Gasteiger partial charge in [0.1, 0.15) is 11.4 Å². The quantitative estimate of drug-likeness (QED) is 0.635. The number of hydrogen-bond acceptors (Lipinski definition) is 1. The van der Waals surface area contributed by atoms with Crippen LogP contribution in [0, 0.1) is 16.2 Å². The molecule has 4 saturated carbocycles. The molecule has 0 aromatic carbocycles. The van der Waals surface area contributed by atoms with Gasteiger partial charge in [-0.15, -0.1) is 0 Å². The predicted octanol–water partition coefficient (Wildman–Crippen LogP) is 5.85. The van der Waals surface area contributed by atoms with Crippen molar-refractivity contribution < 1.29 is 13.5 Å². The van der Waals surface area contributed by atoms with E-state index in [1.807, 2.05) is 6.92 Å². The van der Waals surface area contributed by atoms with Gasteiger partial charge in [0.2, 0.25) is 0 Å². The summed E-state index contributed by atoms with van der Waals surface area (Å²) in [5.74, 6) is -1.11. The van der Waals surface area contributed by atoms with Gasteiger partial charge in [-0.2, -0.15) is 0 Å². The summed E-state index contributed by atoms with van der Waals surface area (Å²) >= 11 is 0. The molecule has 6 aliphatic carbocycles. The van der Waals surface area contributed by atoms with Crippen molar-refractivity contribution in [2.45, 2.75) is 83.7 Å². The highest BCUT2D eigenvalue weighted by Crippen LogP contribution is 2.60. The summed E-state index contributed by atoms with van der Waals surface area (Å²) in [5.41, 5.74) is -0.726. The van der Waals surface area contributed by atoms with Crippen molar-refractivity contribution >= 4 is 0 Å². The van der Waals surface area contributed by atoms with Crippen LogP contribution in [0.1, 0.15) is 78.1 Å². The van der Waals surface area contributed by atoms with Crippen LogP contribution in [0.5, 0.6) is 0 Å². The Balaban J connectivity index is 1.50. The Morgan fingerprint density at radius 3 is 1.86 bits per heavy atom. The van der Waals surface area contributed by atoms with Gasteiger partial charge >= 0.3 is 0 Å². The molecular weight excluding hydrogens is 282 g/mol. The van der Waals surface area contributed by atoms with Crippen LogP contribution in [0.3, 0.4) is 0 Å². The molecule has 0 spiro atoms. The highest BCUT2D eigenvalue weighted by atomic mass is 19.2. The molecule has 4 fully saturated rings. The van der Waals surface area contributed by atoms with E-state index in [4.69, 9.17) is 4.74 Å². The summed E-state index contributed by atoms with van der Waals surface area (Å²) in [4.78, 5) is 0. The number of fused-ring (bicyclic) bond motifs is 5. The van der Waals surface area contributed by atoms with Gasteiger partial charge < -0.3 is 4.74 Å². The third-order valence-corrected chi connectivity index (χ3v) is 7.72. The lowest BCUT2D eigenvalue weighted by molar-refractivity contribution is -0.145. The number of ether oxygens (including phenoxy) is 1. The van der Waals surface area contributed by atoms with Crippen molar-refractivity contribution in [3.63, 3.8) is 0 Å². The van der Waals surface area contributed by atoms with E-state index in [2.05, 4.69) is 6.92 Å². The third kappa shape index (κ3) is 2.03. The van der Waals surface area contributed by atoms with Crippen molar-refractivity contribution in [1.29, 1.82) is 0 Å². The Kier molecular flexibility index (Phi) is 3.13. The first kappa shape index (κ1) is 15.1. The molecule has 0 saturated heterocycles. The number of halogens is 2. The van der Waals surface area contributed by atoms with E-state index in [9.17, 15) is 8.78 Å². The monoisotopic (exact) mass is 310 g/mol. The lowest BCUT2D eigenvalue weighted by Crippen LogP contribution is -2.50. The van der Waals surface area contributed by atoms with E-state index >= 15 is 0 Å². The minimum absolute atomic E-state index is 0.238. The first-order chi connectivity index (χ1) is 10.3. The Bertz CT molecular complexity index is 489. The van der Waals surface area contributed by atoms with Crippen molar-refractivity contribution in [1.82, 2.24) is 0 Å². The molecule has 6 aliphatic rings. The molecule has 3 heteroatoms. The van der Waals surface area contributed by atoms with Crippen molar-refractivity contribution in [3.8, 4) is 0 Å². The van der Waals surface area contributed by atoms with Gasteiger partial charge in [-0.05, 0) is 75.0 Å². The van der Waals surface area contributed by atoms with E-state index in [0.717, 1.165) is 12.8 Å². The molecule has 0 heterocycles. The summed E-state index contributed by atoms with van der Waals surface area (Å²) in [5, 5.41) is 0. The van der Waals surface area contributed by atoms with E-state index in [0.29, 0.717) is 24.9 Å². The molecule has 0 aliphatic heterocycles. The fourth-order valence-electron chi connectivity index (χ4n) is 5.28. The summed E-state index contributed by atoms with van der Waals surface area (Å²) in [6.45, 7) is 4.88. The number of allylic oxidation sites excluding steroid dienone is 1. The van der Waals surface area contributed by atoms with E-state index in [1.54, 1.807) is 0 Å². The molecule has 1 nitrogen and oxygen atoms in total. The fraction of sp³-hybridized carbons (Fsp3) is 0.895. The fourth-order valence-corrected chi connectivity index (χ4v) is 5.28. The Labute approximate surface area is 132 Å². The van der Waals surface area contributed by atoms with Crippen LogP contribution in [0.15, 0.2) is 11.7 Å². The normalized spacial score (nSPS) is 50.7. The van der Waals surface area contributed by atoms with E-state index in [1.165, 1.54) is 38.5 Å². The zero-order valence-corrected chi connectivity index (χ0v) is 13.9.